The average molecular weight is 442 g/mol. The van der Waals surface area contributed by atoms with Gasteiger partial charge >= 0.3 is 0 Å². The van der Waals surface area contributed by atoms with Crippen LogP contribution >= 0.6 is 24.0 Å². The highest BCUT2D eigenvalue weighted by Crippen LogP contribution is 2.04. The van der Waals surface area contributed by atoms with Gasteiger partial charge in [-0.2, -0.15) is 0 Å². The summed E-state index contributed by atoms with van der Waals surface area (Å²) >= 11 is 0. The van der Waals surface area contributed by atoms with Crippen LogP contribution in [0.5, 0.6) is 0 Å². The molecule has 1 aromatic heterocycles. The molecule has 2 aromatic rings. The normalized spacial score (nSPS) is 10.8. The maximum absolute atomic E-state index is 5.32. The van der Waals surface area contributed by atoms with Gasteiger partial charge in [-0.15, -0.1) is 24.0 Å². The van der Waals surface area contributed by atoms with Gasteiger partial charge in [0.1, 0.15) is 5.76 Å². The molecular formula is C18H27IN4O. The van der Waals surface area contributed by atoms with Crippen molar-refractivity contribution in [3.63, 3.8) is 0 Å². The van der Waals surface area contributed by atoms with Crippen molar-refractivity contribution in [1.82, 2.24) is 10.6 Å². The highest BCUT2D eigenvalue weighted by Gasteiger charge is 1.99. The number of rotatable bonds is 9. The summed E-state index contributed by atoms with van der Waals surface area (Å²) in [7, 11) is 0. The largest absolute Gasteiger partial charge is 0.469 e. The molecule has 132 valence electrons. The Balaban J connectivity index is 0.00000288. The molecule has 0 radical (unpaired) electrons. The molecule has 0 aliphatic heterocycles. The minimum atomic E-state index is 0. The van der Waals surface area contributed by atoms with E-state index in [0.717, 1.165) is 56.4 Å². The number of hydrogen-bond acceptors (Lipinski definition) is 3. The van der Waals surface area contributed by atoms with Gasteiger partial charge in [-0.25, -0.2) is 0 Å². The number of guanidine groups is 1. The SMILES string of the molecule is CCNC(=NCCCNc1ccccc1)NCCc1ccco1.I. The number of halogens is 1. The summed E-state index contributed by atoms with van der Waals surface area (Å²) in [6.45, 7) is 5.44. The second-order valence-electron chi connectivity index (χ2n) is 5.16. The molecule has 6 heteroatoms. The van der Waals surface area contributed by atoms with Gasteiger partial charge in [0.25, 0.3) is 0 Å². The summed E-state index contributed by atoms with van der Waals surface area (Å²) in [6.07, 6.45) is 3.55. The van der Waals surface area contributed by atoms with E-state index in [9.17, 15) is 0 Å². The topological polar surface area (TPSA) is 61.6 Å². The number of aliphatic imine (C=N–C) groups is 1. The van der Waals surface area contributed by atoms with E-state index in [1.54, 1.807) is 6.26 Å². The summed E-state index contributed by atoms with van der Waals surface area (Å²) in [5.74, 6) is 1.85. The predicted octanol–water partition coefficient (Wildman–Crippen LogP) is 3.50. The molecule has 0 aliphatic carbocycles. The lowest BCUT2D eigenvalue weighted by Gasteiger charge is -2.11. The molecule has 24 heavy (non-hydrogen) atoms. The Morgan fingerprint density at radius 3 is 2.58 bits per heavy atom. The van der Waals surface area contributed by atoms with Crippen molar-refractivity contribution in [1.29, 1.82) is 0 Å². The van der Waals surface area contributed by atoms with Gasteiger partial charge in [0.2, 0.25) is 0 Å². The first kappa shape index (κ1) is 20.3. The highest BCUT2D eigenvalue weighted by atomic mass is 127. The van der Waals surface area contributed by atoms with Crippen molar-refractivity contribution < 1.29 is 4.42 Å². The maximum atomic E-state index is 5.32. The van der Waals surface area contributed by atoms with Crippen molar-refractivity contribution >= 4 is 35.6 Å². The molecule has 0 fully saturated rings. The minimum Gasteiger partial charge on any atom is -0.469 e. The Morgan fingerprint density at radius 1 is 1.04 bits per heavy atom. The number of furan rings is 1. The summed E-state index contributed by atoms with van der Waals surface area (Å²) < 4.78 is 5.32. The first-order chi connectivity index (χ1) is 11.4. The third-order valence-electron chi connectivity index (χ3n) is 3.30. The van der Waals surface area contributed by atoms with Crippen LogP contribution in [0.2, 0.25) is 0 Å². The zero-order chi connectivity index (χ0) is 16.2. The van der Waals surface area contributed by atoms with Gasteiger partial charge in [-0.05, 0) is 37.6 Å². The van der Waals surface area contributed by atoms with Crippen LogP contribution in [0, 0.1) is 0 Å². The van der Waals surface area contributed by atoms with Crippen LogP contribution < -0.4 is 16.0 Å². The lowest BCUT2D eigenvalue weighted by Crippen LogP contribution is -2.38. The predicted molar refractivity (Wildman–Crippen MR) is 111 cm³/mol. The molecule has 0 bridgehead atoms. The standard InChI is InChI=1S/C18H26N4O.HI/c1-2-19-18(22-14-11-17-10-6-15-23-17)21-13-7-12-20-16-8-4-3-5-9-16;/h3-6,8-10,15,20H,2,7,11-14H2,1H3,(H2,19,21,22);1H. The monoisotopic (exact) mass is 442 g/mol. The van der Waals surface area contributed by atoms with Gasteiger partial charge in [-0.3, -0.25) is 4.99 Å². The fraction of sp³-hybridized carbons (Fsp3) is 0.389. The van der Waals surface area contributed by atoms with Crippen molar-refractivity contribution in [2.45, 2.75) is 19.8 Å². The highest BCUT2D eigenvalue weighted by molar-refractivity contribution is 14.0. The number of nitrogens with one attached hydrogen (secondary N) is 3. The molecular weight excluding hydrogens is 415 g/mol. The lowest BCUT2D eigenvalue weighted by atomic mass is 10.3. The molecule has 5 nitrogen and oxygen atoms in total. The van der Waals surface area contributed by atoms with E-state index >= 15 is 0 Å². The van der Waals surface area contributed by atoms with Crippen molar-refractivity contribution in [3.8, 4) is 0 Å². The van der Waals surface area contributed by atoms with E-state index in [-0.39, 0.29) is 24.0 Å². The summed E-state index contributed by atoms with van der Waals surface area (Å²) in [5, 5.41) is 9.97. The number of benzene rings is 1. The number of para-hydroxylation sites is 1. The van der Waals surface area contributed by atoms with E-state index < -0.39 is 0 Å². The van der Waals surface area contributed by atoms with Gasteiger partial charge in [-0.1, -0.05) is 18.2 Å². The fourth-order valence-electron chi connectivity index (χ4n) is 2.16. The smallest absolute Gasteiger partial charge is 0.191 e. The first-order valence-corrected chi connectivity index (χ1v) is 8.22. The average Bonchev–Trinajstić information content (AvgIpc) is 3.09. The number of anilines is 1. The van der Waals surface area contributed by atoms with Crippen molar-refractivity contribution in [3.05, 3.63) is 54.5 Å². The van der Waals surface area contributed by atoms with E-state index in [4.69, 9.17) is 4.42 Å². The molecule has 2 rings (SSSR count). The molecule has 0 amide bonds. The summed E-state index contributed by atoms with van der Waals surface area (Å²) in [4.78, 5) is 4.59. The molecule has 0 atom stereocenters. The number of nitrogens with zero attached hydrogens (tertiary/aromatic N) is 1. The van der Waals surface area contributed by atoms with Crippen molar-refractivity contribution in [2.75, 3.05) is 31.5 Å². The molecule has 1 aromatic carbocycles. The Bertz CT molecular complexity index is 558. The van der Waals surface area contributed by atoms with E-state index in [1.165, 1.54) is 0 Å². The summed E-state index contributed by atoms with van der Waals surface area (Å²) in [5.41, 5.74) is 1.15. The fourth-order valence-corrected chi connectivity index (χ4v) is 2.16. The maximum Gasteiger partial charge on any atom is 0.191 e. The Hall–Kier alpha value is -1.70. The molecule has 0 aliphatic rings. The Labute approximate surface area is 161 Å². The Kier molecular flexibility index (Phi) is 10.8. The van der Waals surface area contributed by atoms with Gasteiger partial charge < -0.3 is 20.4 Å². The van der Waals surface area contributed by atoms with Crippen LogP contribution in [0.25, 0.3) is 0 Å². The van der Waals surface area contributed by atoms with Crippen LogP contribution in [0.3, 0.4) is 0 Å². The quantitative estimate of drug-likeness (QED) is 0.241. The van der Waals surface area contributed by atoms with Crippen LogP contribution in [0.1, 0.15) is 19.1 Å². The minimum absolute atomic E-state index is 0. The molecule has 1 heterocycles. The van der Waals surface area contributed by atoms with Crippen LogP contribution in [0.15, 0.2) is 58.1 Å². The summed E-state index contributed by atoms with van der Waals surface area (Å²) in [6, 6.07) is 14.1. The molecule has 0 unspecified atom stereocenters. The second kappa shape index (κ2) is 12.7. The lowest BCUT2D eigenvalue weighted by molar-refractivity contribution is 0.507. The van der Waals surface area contributed by atoms with E-state index in [0.29, 0.717) is 0 Å². The van der Waals surface area contributed by atoms with E-state index in [2.05, 4.69) is 40.0 Å². The Morgan fingerprint density at radius 2 is 1.88 bits per heavy atom. The van der Waals surface area contributed by atoms with Gasteiger partial charge in [0.15, 0.2) is 5.96 Å². The molecule has 0 saturated heterocycles. The molecule has 0 saturated carbocycles. The van der Waals surface area contributed by atoms with Gasteiger partial charge in [0, 0.05) is 38.3 Å². The van der Waals surface area contributed by atoms with Crippen LogP contribution in [0.4, 0.5) is 5.69 Å². The van der Waals surface area contributed by atoms with Crippen LogP contribution in [-0.4, -0.2) is 32.1 Å². The first-order valence-electron chi connectivity index (χ1n) is 8.22. The van der Waals surface area contributed by atoms with Crippen molar-refractivity contribution in [2.24, 2.45) is 4.99 Å². The van der Waals surface area contributed by atoms with Gasteiger partial charge in [0.05, 0.1) is 6.26 Å². The second-order valence-corrected chi connectivity index (χ2v) is 5.16. The zero-order valence-corrected chi connectivity index (χ0v) is 16.5. The third-order valence-corrected chi connectivity index (χ3v) is 3.30. The third kappa shape index (κ3) is 8.24. The van der Waals surface area contributed by atoms with E-state index in [1.807, 2.05) is 30.3 Å². The molecule has 3 N–H and O–H groups in total. The zero-order valence-electron chi connectivity index (χ0n) is 14.1. The van der Waals surface area contributed by atoms with Crippen LogP contribution in [-0.2, 0) is 6.42 Å². The number of hydrogen-bond donors (Lipinski definition) is 3. The molecule has 0 spiro atoms.